The first-order valence-corrected chi connectivity index (χ1v) is 12.7. The van der Waals surface area contributed by atoms with Crippen molar-refractivity contribution >= 4 is 38.6 Å². The van der Waals surface area contributed by atoms with E-state index in [-0.39, 0.29) is 23.3 Å². The van der Waals surface area contributed by atoms with Gasteiger partial charge in [-0.05, 0) is 37.3 Å². The highest BCUT2D eigenvalue weighted by Crippen LogP contribution is 2.34. The highest BCUT2D eigenvalue weighted by Gasteiger charge is 2.35. The van der Waals surface area contributed by atoms with Crippen LogP contribution in [0.25, 0.3) is 10.7 Å². The summed E-state index contributed by atoms with van der Waals surface area (Å²) in [6.45, 7) is 4.51. The summed E-state index contributed by atoms with van der Waals surface area (Å²) in [5.74, 6) is 0.347. The van der Waals surface area contributed by atoms with Crippen molar-refractivity contribution in [2.24, 2.45) is 5.92 Å². The topological polar surface area (TPSA) is 105 Å². The Morgan fingerprint density at radius 3 is 2.93 bits per heavy atom. The second kappa shape index (κ2) is 8.58. The summed E-state index contributed by atoms with van der Waals surface area (Å²) in [7, 11) is -3.72. The molecule has 0 aromatic carbocycles. The normalized spacial score (nSPS) is 17.9. The Bertz CT molecular complexity index is 1130. The van der Waals surface area contributed by atoms with Crippen LogP contribution in [0.15, 0.2) is 33.0 Å². The van der Waals surface area contributed by atoms with Gasteiger partial charge in [0, 0.05) is 29.8 Å². The van der Waals surface area contributed by atoms with Crippen LogP contribution < -0.4 is 5.32 Å². The van der Waals surface area contributed by atoms with E-state index >= 15 is 0 Å². The Kier molecular flexibility index (Phi) is 6.05. The maximum absolute atomic E-state index is 13.3. The number of amides is 1. The molecule has 0 aliphatic carbocycles. The van der Waals surface area contributed by atoms with Crippen molar-refractivity contribution in [1.82, 2.24) is 19.8 Å². The third-order valence-corrected chi connectivity index (χ3v) is 9.05. The van der Waals surface area contributed by atoms with Gasteiger partial charge < -0.3 is 9.84 Å². The molecule has 0 bridgehead atoms. The molecule has 1 N–H and O–H groups in total. The Hall–Kier alpha value is -2.08. The molecule has 1 amide bonds. The predicted octanol–water partition coefficient (Wildman–Crippen LogP) is 3.19. The Morgan fingerprint density at radius 2 is 2.23 bits per heavy atom. The molecule has 0 unspecified atom stereocenters. The molecular weight excluding hydrogens is 444 g/mol. The molecule has 11 heteroatoms. The average Bonchev–Trinajstić information content (AvgIpc) is 3.47. The van der Waals surface area contributed by atoms with E-state index in [1.807, 2.05) is 17.5 Å². The number of rotatable bonds is 6. The Morgan fingerprint density at radius 1 is 1.40 bits per heavy atom. The van der Waals surface area contributed by atoms with Crippen LogP contribution in [0, 0.1) is 19.8 Å². The Balaban J connectivity index is 1.48. The number of aryl methyl sites for hydroxylation is 2. The first-order chi connectivity index (χ1) is 14.3. The van der Waals surface area contributed by atoms with Crippen molar-refractivity contribution in [3.63, 3.8) is 0 Å². The summed E-state index contributed by atoms with van der Waals surface area (Å²) in [6.07, 6.45) is 1.33. The van der Waals surface area contributed by atoms with Crippen LogP contribution in [0.4, 0.5) is 0 Å². The van der Waals surface area contributed by atoms with Gasteiger partial charge in [-0.25, -0.2) is 8.42 Å². The summed E-state index contributed by atoms with van der Waals surface area (Å²) in [5.41, 5.74) is 0. The number of carbonyl (C=O) groups excluding carboxylic acids is 1. The van der Waals surface area contributed by atoms with Gasteiger partial charge in [0.1, 0.15) is 0 Å². The minimum atomic E-state index is -3.72. The lowest BCUT2D eigenvalue weighted by molar-refractivity contribution is -0.126. The zero-order valence-corrected chi connectivity index (χ0v) is 19.1. The summed E-state index contributed by atoms with van der Waals surface area (Å²) in [5, 5.41) is 8.77. The maximum atomic E-state index is 13.3. The SMILES string of the molecule is Cc1nc(-c2cc(S(=O)(=O)N3CCC[C@@H](C(=O)NCc4cccs4)C3)c(C)s2)no1. The third kappa shape index (κ3) is 4.34. The van der Waals surface area contributed by atoms with Crippen LogP contribution in [0.2, 0.25) is 0 Å². The fraction of sp³-hybridized carbons (Fsp3) is 0.421. The minimum absolute atomic E-state index is 0.103. The number of carbonyl (C=O) groups is 1. The van der Waals surface area contributed by atoms with E-state index in [2.05, 4.69) is 15.5 Å². The van der Waals surface area contributed by atoms with E-state index in [4.69, 9.17) is 4.52 Å². The molecule has 3 aromatic rings. The Labute approximate surface area is 183 Å². The van der Waals surface area contributed by atoms with E-state index < -0.39 is 10.0 Å². The highest BCUT2D eigenvalue weighted by molar-refractivity contribution is 7.89. The molecule has 1 aliphatic rings. The molecule has 3 aromatic heterocycles. The van der Waals surface area contributed by atoms with Crippen molar-refractivity contribution in [2.45, 2.75) is 38.1 Å². The summed E-state index contributed by atoms with van der Waals surface area (Å²) < 4.78 is 33.0. The van der Waals surface area contributed by atoms with Crippen molar-refractivity contribution < 1.29 is 17.7 Å². The average molecular weight is 467 g/mol. The smallest absolute Gasteiger partial charge is 0.244 e. The fourth-order valence-corrected chi connectivity index (χ4v) is 7.13. The minimum Gasteiger partial charge on any atom is -0.351 e. The molecular formula is C19H22N4O4S3. The fourth-order valence-electron chi connectivity index (χ4n) is 3.48. The second-order valence-corrected chi connectivity index (χ2v) is 11.4. The largest absolute Gasteiger partial charge is 0.351 e. The number of piperidine rings is 1. The number of hydrogen-bond acceptors (Lipinski definition) is 8. The molecule has 1 atom stereocenters. The number of thiophene rings is 2. The summed E-state index contributed by atoms with van der Waals surface area (Å²) in [4.78, 5) is 19.4. The quantitative estimate of drug-likeness (QED) is 0.598. The lowest BCUT2D eigenvalue weighted by Gasteiger charge is -2.31. The first kappa shape index (κ1) is 21.2. The molecule has 8 nitrogen and oxygen atoms in total. The molecule has 1 saturated heterocycles. The third-order valence-electron chi connectivity index (χ3n) is 5.01. The molecule has 4 heterocycles. The maximum Gasteiger partial charge on any atom is 0.244 e. The van der Waals surface area contributed by atoms with Crippen molar-refractivity contribution in [1.29, 1.82) is 0 Å². The molecule has 0 spiro atoms. The van der Waals surface area contributed by atoms with E-state index in [0.29, 0.717) is 47.4 Å². The number of nitrogens with zero attached hydrogens (tertiary/aromatic N) is 3. The lowest BCUT2D eigenvalue weighted by atomic mass is 9.99. The van der Waals surface area contributed by atoms with Crippen LogP contribution in [-0.4, -0.2) is 41.9 Å². The van der Waals surface area contributed by atoms with Crippen LogP contribution >= 0.6 is 22.7 Å². The van der Waals surface area contributed by atoms with Gasteiger partial charge in [0.2, 0.25) is 27.6 Å². The van der Waals surface area contributed by atoms with Gasteiger partial charge in [-0.15, -0.1) is 22.7 Å². The van der Waals surface area contributed by atoms with Crippen molar-refractivity contribution in [2.75, 3.05) is 13.1 Å². The van der Waals surface area contributed by atoms with Gasteiger partial charge in [0.05, 0.1) is 22.2 Å². The van der Waals surface area contributed by atoms with Gasteiger partial charge >= 0.3 is 0 Å². The van der Waals surface area contributed by atoms with E-state index in [1.165, 1.54) is 15.6 Å². The van der Waals surface area contributed by atoms with E-state index in [9.17, 15) is 13.2 Å². The van der Waals surface area contributed by atoms with Crippen LogP contribution in [0.5, 0.6) is 0 Å². The first-order valence-electron chi connectivity index (χ1n) is 9.56. The molecule has 0 saturated carbocycles. The summed E-state index contributed by atoms with van der Waals surface area (Å²) >= 11 is 2.90. The summed E-state index contributed by atoms with van der Waals surface area (Å²) in [6, 6.07) is 5.50. The van der Waals surface area contributed by atoms with Gasteiger partial charge in [-0.3, -0.25) is 4.79 Å². The van der Waals surface area contributed by atoms with Crippen LogP contribution in [0.3, 0.4) is 0 Å². The zero-order valence-electron chi connectivity index (χ0n) is 16.6. The number of aromatic nitrogens is 2. The van der Waals surface area contributed by atoms with E-state index in [1.54, 1.807) is 31.3 Å². The molecule has 30 heavy (non-hydrogen) atoms. The highest BCUT2D eigenvalue weighted by atomic mass is 32.2. The van der Waals surface area contributed by atoms with Gasteiger partial charge in [0.15, 0.2) is 0 Å². The second-order valence-electron chi connectivity index (χ2n) is 7.17. The van der Waals surface area contributed by atoms with Gasteiger partial charge in [0.25, 0.3) is 0 Å². The van der Waals surface area contributed by atoms with Crippen molar-refractivity contribution in [3.8, 4) is 10.7 Å². The zero-order chi connectivity index (χ0) is 21.3. The van der Waals surface area contributed by atoms with Crippen LogP contribution in [-0.2, 0) is 21.4 Å². The molecule has 160 valence electrons. The number of hydrogen-bond donors (Lipinski definition) is 1. The predicted molar refractivity (Wildman–Crippen MR) is 115 cm³/mol. The molecule has 1 aliphatic heterocycles. The standard InChI is InChI=1S/C19H22N4O4S3/c1-12-17(9-16(29-12)18-21-13(2)27-22-18)30(25,26)23-7-3-5-14(11-23)19(24)20-10-15-6-4-8-28-15/h4,6,8-9,14H,3,5,7,10-11H2,1-2H3,(H,20,24)/t14-/m1/s1. The molecule has 4 rings (SSSR count). The van der Waals surface area contributed by atoms with Crippen LogP contribution in [0.1, 0.15) is 28.5 Å². The van der Waals surface area contributed by atoms with Gasteiger partial charge in [-0.2, -0.15) is 9.29 Å². The monoisotopic (exact) mass is 466 g/mol. The molecule has 0 radical (unpaired) electrons. The van der Waals surface area contributed by atoms with Gasteiger partial charge in [-0.1, -0.05) is 11.2 Å². The van der Waals surface area contributed by atoms with Crippen molar-refractivity contribution in [3.05, 3.63) is 39.2 Å². The number of sulfonamides is 1. The number of nitrogens with one attached hydrogen (secondary N) is 1. The molecule has 1 fully saturated rings. The van der Waals surface area contributed by atoms with E-state index in [0.717, 1.165) is 4.88 Å². The lowest BCUT2D eigenvalue weighted by Crippen LogP contribution is -2.45.